The van der Waals surface area contributed by atoms with E-state index in [2.05, 4.69) is 0 Å². The summed E-state index contributed by atoms with van der Waals surface area (Å²) in [5.74, 6) is -0.125. The van der Waals surface area contributed by atoms with Crippen molar-refractivity contribution in [1.82, 2.24) is 0 Å². The maximum atomic E-state index is 12.8. The van der Waals surface area contributed by atoms with Crippen molar-refractivity contribution in [2.75, 3.05) is 26.9 Å². The van der Waals surface area contributed by atoms with Crippen molar-refractivity contribution >= 4 is 17.9 Å². The Bertz CT molecular complexity index is 1660. The average Bonchev–Trinajstić information content (AvgIpc) is 3.15. The van der Waals surface area contributed by atoms with Crippen LogP contribution < -0.4 is 9.47 Å². The van der Waals surface area contributed by atoms with Crippen molar-refractivity contribution < 1.29 is 42.8 Å². The van der Waals surface area contributed by atoms with Crippen LogP contribution in [0.4, 0.5) is 0 Å². The van der Waals surface area contributed by atoms with Gasteiger partial charge in [-0.1, -0.05) is 62.4 Å². The van der Waals surface area contributed by atoms with E-state index in [1.54, 1.807) is 48.5 Å². The topological polar surface area (TPSA) is 107 Å². The molecule has 9 nitrogen and oxygen atoms in total. The molecule has 264 valence electrons. The summed E-state index contributed by atoms with van der Waals surface area (Å²) in [6.45, 7) is 10.4. The maximum absolute atomic E-state index is 12.8. The third-order valence-electron chi connectivity index (χ3n) is 8.06. The predicted octanol–water partition coefficient (Wildman–Crippen LogP) is 8.19. The molecule has 0 spiro atoms. The summed E-state index contributed by atoms with van der Waals surface area (Å²) in [5, 5.41) is 0. The normalized spacial score (nSPS) is 13.4. The highest BCUT2D eigenvalue weighted by molar-refractivity contribution is 5.91. The van der Waals surface area contributed by atoms with E-state index in [1.165, 1.54) is 7.11 Å². The molecule has 0 N–H and O–H groups in total. The molecule has 0 heterocycles. The van der Waals surface area contributed by atoms with E-state index >= 15 is 0 Å². The van der Waals surface area contributed by atoms with Gasteiger partial charge >= 0.3 is 17.9 Å². The molecule has 0 fully saturated rings. The Kier molecular flexibility index (Phi) is 14.1. The van der Waals surface area contributed by atoms with Gasteiger partial charge < -0.3 is 28.4 Å². The molecule has 0 amide bonds. The van der Waals surface area contributed by atoms with Crippen molar-refractivity contribution in [2.24, 2.45) is 5.92 Å². The molecular weight excluding hydrogens is 636 g/mol. The van der Waals surface area contributed by atoms with Crippen LogP contribution in [0.5, 0.6) is 11.5 Å². The maximum Gasteiger partial charge on any atom is 0.343 e. The second kappa shape index (κ2) is 18.7. The molecule has 0 bridgehead atoms. The van der Waals surface area contributed by atoms with Crippen LogP contribution in [0.3, 0.4) is 0 Å². The largest absolute Gasteiger partial charge is 0.488 e. The highest BCUT2D eigenvalue weighted by Crippen LogP contribution is 2.27. The Labute approximate surface area is 294 Å². The lowest BCUT2D eigenvalue weighted by Gasteiger charge is -2.21. The third-order valence-corrected chi connectivity index (χ3v) is 8.06. The highest BCUT2D eigenvalue weighted by atomic mass is 16.6. The van der Waals surface area contributed by atoms with Crippen LogP contribution in [0.25, 0.3) is 22.3 Å². The standard InChI is InChI=1S/C41H46O9/c1-7-27(2)39(42)48-25-29(4)46-24-28(3)47-26-30(5)49-37-22-18-36(19-23-37)41(44)50-38-20-16-34(17-21-38)32-10-8-31(9-11-32)33-12-14-35(15-13-33)40(43)45-6/h8-23,27-30H,7,24-26H2,1-6H3. The van der Waals surface area contributed by atoms with Gasteiger partial charge in [0.1, 0.15) is 24.2 Å². The van der Waals surface area contributed by atoms with Crippen LogP contribution in [-0.4, -0.2) is 63.2 Å². The highest BCUT2D eigenvalue weighted by Gasteiger charge is 2.16. The second-order valence-corrected chi connectivity index (χ2v) is 12.2. The lowest BCUT2D eigenvalue weighted by atomic mass is 9.99. The van der Waals surface area contributed by atoms with Crippen molar-refractivity contribution in [3.05, 3.63) is 108 Å². The van der Waals surface area contributed by atoms with Gasteiger partial charge in [-0.25, -0.2) is 9.59 Å². The van der Waals surface area contributed by atoms with E-state index in [1.807, 2.05) is 83.1 Å². The van der Waals surface area contributed by atoms with Crippen LogP contribution in [0.1, 0.15) is 61.8 Å². The van der Waals surface area contributed by atoms with Gasteiger partial charge in [0.2, 0.25) is 0 Å². The number of rotatable bonds is 17. The van der Waals surface area contributed by atoms with E-state index in [0.717, 1.165) is 28.7 Å². The fourth-order valence-corrected chi connectivity index (χ4v) is 4.79. The minimum Gasteiger partial charge on any atom is -0.488 e. The monoisotopic (exact) mass is 682 g/mol. The van der Waals surface area contributed by atoms with E-state index in [4.69, 9.17) is 28.4 Å². The molecule has 0 aliphatic heterocycles. The van der Waals surface area contributed by atoms with Gasteiger partial charge in [0.15, 0.2) is 0 Å². The first-order chi connectivity index (χ1) is 24.1. The molecule has 0 saturated heterocycles. The Hall–Kier alpha value is -4.99. The Morgan fingerprint density at radius 3 is 1.48 bits per heavy atom. The summed E-state index contributed by atoms with van der Waals surface area (Å²) in [5.41, 5.74) is 4.92. The van der Waals surface area contributed by atoms with Crippen LogP contribution in [-0.2, 0) is 23.7 Å². The van der Waals surface area contributed by atoms with Gasteiger partial charge in [-0.15, -0.1) is 0 Å². The van der Waals surface area contributed by atoms with Gasteiger partial charge in [0.25, 0.3) is 0 Å². The molecule has 0 saturated carbocycles. The van der Waals surface area contributed by atoms with Gasteiger partial charge in [0.05, 0.1) is 49.6 Å². The number of hydrogen-bond donors (Lipinski definition) is 0. The number of methoxy groups -OCH3 is 1. The van der Waals surface area contributed by atoms with Gasteiger partial charge in [0, 0.05) is 0 Å². The minimum atomic E-state index is -0.471. The molecule has 4 aromatic carbocycles. The summed E-state index contributed by atoms with van der Waals surface area (Å²) < 4.78 is 33.2. The summed E-state index contributed by atoms with van der Waals surface area (Å²) in [6.07, 6.45) is 0.0958. The van der Waals surface area contributed by atoms with Crippen molar-refractivity contribution in [2.45, 2.75) is 59.4 Å². The van der Waals surface area contributed by atoms with E-state index < -0.39 is 5.97 Å². The SMILES string of the molecule is CCC(C)C(=O)OCC(C)OCC(C)OCC(C)Oc1ccc(C(=O)Oc2ccc(-c3ccc(-c4ccc(C(=O)OC)cc4)cc3)cc2)cc1. The smallest absolute Gasteiger partial charge is 0.343 e. The first kappa shape index (κ1) is 37.8. The molecule has 0 aliphatic carbocycles. The molecule has 0 radical (unpaired) electrons. The Balaban J connectivity index is 1.19. The number of carbonyl (C=O) groups excluding carboxylic acids is 3. The molecule has 0 aliphatic rings. The van der Waals surface area contributed by atoms with Crippen LogP contribution in [0, 0.1) is 5.92 Å². The first-order valence-corrected chi connectivity index (χ1v) is 16.8. The molecule has 50 heavy (non-hydrogen) atoms. The minimum absolute atomic E-state index is 0.119. The van der Waals surface area contributed by atoms with Crippen molar-refractivity contribution in [3.63, 3.8) is 0 Å². The zero-order valence-corrected chi connectivity index (χ0v) is 29.5. The molecule has 9 heteroatoms. The molecule has 0 aromatic heterocycles. The molecule has 4 atom stereocenters. The van der Waals surface area contributed by atoms with Crippen molar-refractivity contribution in [1.29, 1.82) is 0 Å². The van der Waals surface area contributed by atoms with E-state index in [9.17, 15) is 14.4 Å². The van der Waals surface area contributed by atoms with E-state index in [-0.39, 0.29) is 42.8 Å². The molecular formula is C41H46O9. The third kappa shape index (κ3) is 11.3. The number of ether oxygens (including phenoxy) is 6. The lowest BCUT2D eigenvalue weighted by Crippen LogP contribution is -2.28. The summed E-state index contributed by atoms with van der Waals surface area (Å²) in [7, 11) is 1.36. The summed E-state index contributed by atoms with van der Waals surface area (Å²) in [4.78, 5) is 36.3. The number of carbonyl (C=O) groups is 3. The van der Waals surface area contributed by atoms with Crippen LogP contribution in [0.15, 0.2) is 97.1 Å². The lowest BCUT2D eigenvalue weighted by molar-refractivity contribution is -0.152. The predicted molar refractivity (Wildman–Crippen MR) is 191 cm³/mol. The molecule has 4 rings (SSSR count). The average molecular weight is 683 g/mol. The zero-order chi connectivity index (χ0) is 36.0. The summed E-state index contributed by atoms with van der Waals surface area (Å²) >= 11 is 0. The second-order valence-electron chi connectivity index (χ2n) is 12.2. The van der Waals surface area contributed by atoms with Crippen molar-refractivity contribution in [3.8, 4) is 33.8 Å². The van der Waals surface area contributed by atoms with Crippen LogP contribution in [0.2, 0.25) is 0 Å². The van der Waals surface area contributed by atoms with Gasteiger partial charge in [-0.05, 0) is 98.0 Å². The molecule has 4 aromatic rings. The molecule has 4 unspecified atom stereocenters. The van der Waals surface area contributed by atoms with Gasteiger partial charge in [-0.3, -0.25) is 4.79 Å². The number of benzene rings is 4. The Morgan fingerprint density at radius 2 is 0.960 bits per heavy atom. The fraction of sp³-hybridized carbons (Fsp3) is 0.341. The van der Waals surface area contributed by atoms with E-state index in [0.29, 0.717) is 35.8 Å². The number of hydrogen-bond acceptors (Lipinski definition) is 9. The van der Waals surface area contributed by atoms with Crippen LogP contribution >= 0.6 is 0 Å². The summed E-state index contributed by atoms with van der Waals surface area (Å²) in [6, 6.07) is 29.5. The fourth-order valence-electron chi connectivity index (χ4n) is 4.79. The van der Waals surface area contributed by atoms with Gasteiger partial charge in [-0.2, -0.15) is 0 Å². The Morgan fingerprint density at radius 1 is 0.540 bits per heavy atom. The quantitative estimate of drug-likeness (QED) is 0.0805. The zero-order valence-electron chi connectivity index (χ0n) is 29.5. The first-order valence-electron chi connectivity index (χ1n) is 16.8. The number of esters is 3.